The number of fused-ring (bicyclic) bond motifs is 2. The highest BCUT2D eigenvalue weighted by Crippen LogP contribution is 2.48. The van der Waals surface area contributed by atoms with E-state index in [1.54, 1.807) is 24.1 Å². The Kier molecular flexibility index (Phi) is 4.95. The molecule has 27 heavy (non-hydrogen) atoms. The van der Waals surface area contributed by atoms with Gasteiger partial charge in [0.15, 0.2) is 11.5 Å². The van der Waals surface area contributed by atoms with E-state index in [1.165, 1.54) is 0 Å². The van der Waals surface area contributed by atoms with Crippen LogP contribution in [0.3, 0.4) is 0 Å². The molecule has 0 unspecified atom stereocenters. The number of amides is 1. The molecule has 2 aliphatic rings. The SMILES string of the molecule is COc1ccccc1OCCN1C(=O)C2(OCCCO2)c2cccc(Cl)c21. The summed E-state index contributed by atoms with van der Waals surface area (Å²) in [5.41, 5.74) is 1.27. The largest absolute Gasteiger partial charge is 0.493 e. The Balaban J connectivity index is 1.57. The van der Waals surface area contributed by atoms with Crippen LogP contribution in [0.1, 0.15) is 12.0 Å². The van der Waals surface area contributed by atoms with Gasteiger partial charge >= 0.3 is 0 Å². The number of carbonyl (C=O) groups excluding carboxylic acids is 1. The van der Waals surface area contributed by atoms with Crippen molar-refractivity contribution in [2.75, 3.05) is 38.4 Å². The summed E-state index contributed by atoms with van der Waals surface area (Å²) < 4.78 is 22.8. The zero-order valence-electron chi connectivity index (χ0n) is 14.9. The fourth-order valence-corrected chi connectivity index (χ4v) is 3.74. The number of anilines is 1. The van der Waals surface area contributed by atoms with Crippen LogP contribution in [0.15, 0.2) is 42.5 Å². The zero-order chi connectivity index (χ0) is 18.9. The van der Waals surface area contributed by atoms with Crippen LogP contribution in [-0.2, 0) is 20.1 Å². The number of nitrogens with zero attached hydrogens (tertiary/aromatic N) is 1. The predicted octanol–water partition coefficient (Wildman–Crippen LogP) is 3.36. The molecule has 7 heteroatoms. The Morgan fingerprint density at radius 2 is 1.85 bits per heavy atom. The molecule has 0 aliphatic carbocycles. The molecule has 4 rings (SSSR count). The van der Waals surface area contributed by atoms with Gasteiger partial charge < -0.3 is 23.8 Å². The molecule has 1 fully saturated rings. The summed E-state index contributed by atoms with van der Waals surface area (Å²) in [6.45, 7) is 1.50. The summed E-state index contributed by atoms with van der Waals surface area (Å²) in [5.74, 6) is -0.415. The molecule has 0 radical (unpaired) electrons. The molecule has 0 N–H and O–H groups in total. The van der Waals surface area contributed by atoms with Gasteiger partial charge in [0.1, 0.15) is 6.61 Å². The first-order valence-corrected chi connectivity index (χ1v) is 9.20. The van der Waals surface area contributed by atoms with E-state index in [1.807, 2.05) is 30.3 Å². The Bertz CT molecular complexity index is 850. The molecule has 6 nitrogen and oxygen atoms in total. The van der Waals surface area contributed by atoms with Gasteiger partial charge in [0, 0.05) is 5.56 Å². The van der Waals surface area contributed by atoms with Gasteiger partial charge in [0.05, 0.1) is 37.6 Å². The van der Waals surface area contributed by atoms with Gasteiger partial charge in [0.2, 0.25) is 0 Å². The summed E-state index contributed by atoms with van der Waals surface area (Å²) in [5, 5.41) is 0.479. The minimum absolute atomic E-state index is 0.270. The molecular weight excluding hydrogens is 370 g/mol. The number of rotatable bonds is 5. The van der Waals surface area contributed by atoms with E-state index < -0.39 is 5.79 Å². The standard InChI is InChI=1S/C20H20ClNO5/c1-24-16-8-2-3-9-17(16)25-13-10-22-18-14(6-4-7-15(18)21)20(19(22)23)26-11-5-12-27-20/h2-4,6-9H,5,10-13H2,1H3. The number of methoxy groups -OCH3 is 1. The summed E-state index contributed by atoms with van der Waals surface area (Å²) in [4.78, 5) is 14.8. The third-order valence-electron chi connectivity index (χ3n) is 4.68. The molecule has 1 amide bonds. The highest BCUT2D eigenvalue weighted by Gasteiger charge is 2.55. The van der Waals surface area contributed by atoms with Crippen LogP contribution in [0.4, 0.5) is 5.69 Å². The van der Waals surface area contributed by atoms with Crippen LogP contribution in [0.2, 0.25) is 5.02 Å². The van der Waals surface area contributed by atoms with Gasteiger partial charge in [-0.2, -0.15) is 0 Å². The van der Waals surface area contributed by atoms with Crippen LogP contribution in [0, 0.1) is 0 Å². The average Bonchev–Trinajstić information content (AvgIpc) is 2.93. The van der Waals surface area contributed by atoms with Crippen molar-refractivity contribution in [1.29, 1.82) is 0 Å². The molecular formula is C20H20ClNO5. The van der Waals surface area contributed by atoms with Gasteiger partial charge in [-0.1, -0.05) is 35.9 Å². The molecule has 0 bridgehead atoms. The van der Waals surface area contributed by atoms with Gasteiger partial charge in [0.25, 0.3) is 11.7 Å². The number of hydrogen-bond donors (Lipinski definition) is 0. The second-order valence-corrected chi connectivity index (χ2v) is 6.67. The van der Waals surface area contributed by atoms with E-state index in [0.717, 1.165) is 6.42 Å². The maximum absolute atomic E-state index is 13.2. The van der Waals surface area contributed by atoms with E-state index in [4.69, 9.17) is 30.5 Å². The number of carbonyl (C=O) groups is 1. The number of para-hydroxylation sites is 3. The monoisotopic (exact) mass is 389 g/mol. The Hall–Kier alpha value is -2.28. The maximum Gasteiger partial charge on any atom is 0.292 e. The highest BCUT2D eigenvalue weighted by molar-refractivity contribution is 6.35. The summed E-state index contributed by atoms with van der Waals surface area (Å²) in [6, 6.07) is 12.8. The number of benzene rings is 2. The quantitative estimate of drug-likeness (QED) is 0.784. The molecule has 1 spiro atoms. The second kappa shape index (κ2) is 7.38. The fraction of sp³-hybridized carbons (Fsp3) is 0.350. The molecule has 0 saturated carbocycles. The van der Waals surface area contributed by atoms with Crippen molar-refractivity contribution in [3.05, 3.63) is 53.1 Å². The van der Waals surface area contributed by atoms with Crippen LogP contribution >= 0.6 is 11.6 Å². The van der Waals surface area contributed by atoms with Gasteiger partial charge in [-0.05, 0) is 24.6 Å². The topological polar surface area (TPSA) is 57.2 Å². The van der Waals surface area contributed by atoms with Crippen LogP contribution in [-0.4, -0.2) is 39.4 Å². The predicted molar refractivity (Wildman–Crippen MR) is 100 cm³/mol. The molecule has 2 heterocycles. The zero-order valence-corrected chi connectivity index (χ0v) is 15.7. The van der Waals surface area contributed by atoms with Crippen LogP contribution < -0.4 is 14.4 Å². The van der Waals surface area contributed by atoms with Crippen molar-refractivity contribution in [2.45, 2.75) is 12.2 Å². The number of halogens is 1. The van der Waals surface area contributed by atoms with Crippen molar-refractivity contribution >= 4 is 23.2 Å². The average molecular weight is 390 g/mol. The van der Waals surface area contributed by atoms with E-state index >= 15 is 0 Å². The van der Waals surface area contributed by atoms with E-state index in [-0.39, 0.29) is 12.5 Å². The maximum atomic E-state index is 13.2. The molecule has 142 valence electrons. The fourth-order valence-electron chi connectivity index (χ4n) is 3.46. The molecule has 1 saturated heterocycles. The summed E-state index contributed by atoms with van der Waals surface area (Å²) in [6.07, 6.45) is 0.752. The summed E-state index contributed by atoms with van der Waals surface area (Å²) in [7, 11) is 1.59. The van der Waals surface area contributed by atoms with E-state index in [9.17, 15) is 4.79 Å². The minimum Gasteiger partial charge on any atom is -0.493 e. The molecule has 2 aromatic carbocycles. The van der Waals surface area contributed by atoms with Crippen molar-refractivity contribution in [3.8, 4) is 11.5 Å². The number of hydrogen-bond acceptors (Lipinski definition) is 5. The molecule has 0 atom stereocenters. The lowest BCUT2D eigenvalue weighted by Gasteiger charge is -2.32. The second-order valence-electron chi connectivity index (χ2n) is 6.26. The first-order chi connectivity index (χ1) is 13.2. The summed E-state index contributed by atoms with van der Waals surface area (Å²) >= 11 is 6.41. The normalized spacial score (nSPS) is 17.9. The Morgan fingerprint density at radius 1 is 1.11 bits per heavy atom. The lowest BCUT2D eigenvalue weighted by molar-refractivity contribution is -0.256. The van der Waals surface area contributed by atoms with Crippen molar-refractivity contribution in [1.82, 2.24) is 0 Å². The number of ether oxygens (including phenoxy) is 4. The van der Waals surface area contributed by atoms with E-state index in [2.05, 4.69) is 0 Å². The van der Waals surface area contributed by atoms with Gasteiger partial charge in [-0.15, -0.1) is 0 Å². The van der Waals surface area contributed by atoms with Crippen molar-refractivity contribution in [3.63, 3.8) is 0 Å². The molecule has 2 aliphatic heterocycles. The molecule has 0 aromatic heterocycles. The van der Waals surface area contributed by atoms with Gasteiger partial charge in [-0.3, -0.25) is 4.79 Å². The first-order valence-electron chi connectivity index (χ1n) is 8.82. The van der Waals surface area contributed by atoms with E-state index in [0.29, 0.717) is 47.5 Å². The minimum atomic E-state index is -1.40. The van der Waals surface area contributed by atoms with Crippen LogP contribution in [0.5, 0.6) is 11.5 Å². The first kappa shape index (κ1) is 18.1. The van der Waals surface area contributed by atoms with Crippen molar-refractivity contribution in [2.24, 2.45) is 0 Å². The van der Waals surface area contributed by atoms with Crippen molar-refractivity contribution < 1.29 is 23.7 Å². The lowest BCUT2D eigenvalue weighted by atomic mass is 10.1. The highest BCUT2D eigenvalue weighted by atomic mass is 35.5. The van der Waals surface area contributed by atoms with Gasteiger partial charge in [-0.25, -0.2) is 0 Å². The smallest absolute Gasteiger partial charge is 0.292 e. The Morgan fingerprint density at radius 3 is 2.59 bits per heavy atom. The lowest BCUT2D eigenvalue weighted by Crippen LogP contribution is -2.48. The molecule has 2 aromatic rings. The Labute approximate surface area is 162 Å². The third-order valence-corrected chi connectivity index (χ3v) is 4.98. The van der Waals surface area contributed by atoms with Crippen LogP contribution in [0.25, 0.3) is 0 Å². The third kappa shape index (κ3) is 3.04.